The van der Waals surface area contributed by atoms with Gasteiger partial charge in [0.25, 0.3) is 0 Å². The van der Waals surface area contributed by atoms with E-state index in [-0.39, 0.29) is 6.04 Å². The lowest BCUT2D eigenvalue weighted by Gasteiger charge is -2.10. The van der Waals surface area contributed by atoms with Gasteiger partial charge >= 0.3 is 0 Å². The Bertz CT molecular complexity index is 409. The van der Waals surface area contributed by atoms with Gasteiger partial charge in [0.05, 0.1) is 9.83 Å². The Hall–Kier alpha value is -0.230. The lowest BCUT2D eigenvalue weighted by atomic mass is 10.2. The van der Waals surface area contributed by atoms with Crippen molar-refractivity contribution >= 4 is 38.6 Å². The average molecular weight is 303 g/mol. The Morgan fingerprint density at radius 1 is 1.47 bits per heavy atom. The molecule has 80 valence electrons. The molecular weight excluding hydrogens is 292 g/mol. The van der Waals surface area contributed by atoms with Gasteiger partial charge in [-0.25, -0.2) is 4.98 Å². The summed E-state index contributed by atoms with van der Waals surface area (Å²) in [4.78, 5) is 5.81. The lowest BCUT2D eigenvalue weighted by Crippen LogP contribution is -2.16. The Morgan fingerprint density at radius 2 is 2.27 bits per heavy atom. The van der Waals surface area contributed by atoms with Gasteiger partial charge in [-0.05, 0) is 42.0 Å². The van der Waals surface area contributed by atoms with E-state index in [1.807, 2.05) is 14.0 Å². The molecule has 0 saturated heterocycles. The van der Waals surface area contributed by atoms with Crippen LogP contribution in [0.15, 0.2) is 21.3 Å². The predicted octanol–water partition coefficient (Wildman–Crippen LogP) is 3.58. The molecular formula is C10H11BrN2S2. The molecule has 15 heavy (non-hydrogen) atoms. The number of aryl methyl sites for hydroxylation is 1. The van der Waals surface area contributed by atoms with Crippen LogP contribution in [0.1, 0.15) is 21.6 Å². The van der Waals surface area contributed by atoms with Gasteiger partial charge in [-0.3, -0.25) is 0 Å². The number of halogens is 1. The summed E-state index contributed by atoms with van der Waals surface area (Å²) in [5.74, 6) is 0. The zero-order chi connectivity index (χ0) is 10.8. The van der Waals surface area contributed by atoms with Gasteiger partial charge in [0.2, 0.25) is 0 Å². The van der Waals surface area contributed by atoms with Crippen LogP contribution in [0.5, 0.6) is 0 Å². The zero-order valence-corrected chi connectivity index (χ0v) is 11.7. The summed E-state index contributed by atoms with van der Waals surface area (Å²) in [5, 5.41) is 6.51. The van der Waals surface area contributed by atoms with Crippen LogP contribution in [0.2, 0.25) is 0 Å². The molecule has 0 aromatic carbocycles. The Morgan fingerprint density at radius 3 is 2.73 bits per heavy atom. The smallest absolute Gasteiger partial charge is 0.115 e. The van der Waals surface area contributed by atoms with Crippen LogP contribution in [0.25, 0.3) is 0 Å². The molecule has 1 atom stereocenters. The molecule has 2 aromatic heterocycles. The summed E-state index contributed by atoms with van der Waals surface area (Å²) in [7, 11) is 1.97. The van der Waals surface area contributed by atoms with Crippen LogP contribution >= 0.6 is 38.6 Å². The van der Waals surface area contributed by atoms with Crippen LogP contribution in [0.4, 0.5) is 0 Å². The molecule has 2 heterocycles. The first kappa shape index (κ1) is 11.3. The first-order chi connectivity index (χ1) is 7.20. The lowest BCUT2D eigenvalue weighted by molar-refractivity contribution is 0.696. The number of hydrogen-bond acceptors (Lipinski definition) is 4. The molecule has 0 aliphatic carbocycles. The summed E-state index contributed by atoms with van der Waals surface area (Å²) in [6.45, 7) is 2.02. The van der Waals surface area contributed by atoms with Crippen molar-refractivity contribution in [3.8, 4) is 0 Å². The highest BCUT2D eigenvalue weighted by atomic mass is 79.9. The highest BCUT2D eigenvalue weighted by molar-refractivity contribution is 9.11. The third kappa shape index (κ3) is 2.47. The minimum absolute atomic E-state index is 0.222. The molecule has 2 nitrogen and oxygen atoms in total. The van der Waals surface area contributed by atoms with E-state index in [2.05, 4.69) is 43.7 Å². The molecule has 0 bridgehead atoms. The molecule has 2 aromatic rings. The van der Waals surface area contributed by atoms with Gasteiger partial charge in [0.1, 0.15) is 5.01 Å². The summed E-state index contributed by atoms with van der Waals surface area (Å²) in [5.41, 5.74) is 1.09. The Labute approximate surface area is 106 Å². The number of thiophene rings is 1. The third-order valence-corrected chi connectivity index (χ3v) is 4.77. The molecule has 0 amide bonds. The molecule has 0 aliphatic rings. The number of nitrogens with zero attached hydrogens (tertiary/aromatic N) is 1. The van der Waals surface area contributed by atoms with Crippen molar-refractivity contribution in [3.63, 3.8) is 0 Å². The molecule has 0 radical (unpaired) electrons. The molecule has 0 fully saturated rings. The van der Waals surface area contributed by atoms with Gasteiger partial charge in [-0.2, -0.15) is 0 Å². The second-order valence-corrected chi connectivity index (χ2v) is 6.57. The number of thiazole rings is 1. The normalized spacial score (nSPS) is 13.0. The van der Waals surface area contributed by atoms with Crippen LogP contribution in [-0.4, -0.2) is 12.0 Å². The second-order valence-electron chi connectivity index (χ2n) is 3.19. The van der Waals surface area contributed by atoms with Gasteiger partial charge < -0.3 is 5.32 Å². The van der Waals surface area contributed by atoms with Crippen LogP contribution in [-0.2, 0) is 0 Å². The second kappa shape index (κ2) is 4.74. The average Bonchev–Trinajstić information content (AvgIpc) is 2.78. The largest absolute Gasteiger partial charge is 0.307 e. The number of aromatic nitrogens is 1. The molecule has 5 heteroatoms. The van der Waals surface area contributed by atoms with Crippen molar-refractivity contribution in [2.75, 3.05) is 7.05 Å². The highest BCUT2D eigenvalue weighted by Crippen LogP contribution is 2.32. The highest BCUT2D eigenvalue weighted by Gasteiger charge is 2.16. The summed E-state index contributed by atoms with van der Waals surface area (Å²) in [6.07, 6.45) is 0. The predicted molar refractivity (Wildman–Crippen MR) is 69.8 cm³/mol. The third-order valence-electron chi connectivity index (χ3n) is 2.05. The van der Waals surface area contributed by atoms with Crippen molar-refractivity contribution < 1.29 is 0 Å². The number of nitrogens with one attached hydrogen (secondary N) is 1. The van der Waals surface area contributed by atoms with Crippen molar-refractivity contribution in [2.45, 2.75) is 13.0 Å². The van der Waals surface area contributed by atoms with E-state index in [9.17, 15) is 0 Å². The van der Waals surface area contributed by atoms with Crippen molar-refractivity contribution in [1.29, 1.82) is 0 Å². The molecule has 1 N–H and O–H groups in total. The first-order valence-electron chi connectivity index (χ1n) is 4.55. The van der Waals surface area contributed by atoms with Crippen LogP contribution < -0.4 is 5.32 Å². The zero-order valence-electron chi connectivity index (χ0n) is 8.45. The quantitative estimate of drug-likeness (QED) is 0.937. The maximum absolute atomic E-state index is 4.51. The Balaban J connectivity index is 2.32. The fourth-order valence-corrected chi connectivity index (χ4v) is 3.91. The van der Waals surface area contributed by atoms with E-state index >= 15 is 0 Å². The van der Waals surface area contributed by atoms with Gasteiger partial charge in [-0.15, -0.1) is 22.7 Å². The van der Waals surface area contributed by atoms with E-state index in [0.29, 0.717) is 0 Å². The summed E-state index contributed by atoms with van der Waals surface area (Å²) >= 11 is 6.93. The van der Waals surface area contributed by atoms with Crippen LogP contribution in [0, 0.1) is 6.92 Å². The number of hydrogen-bond donors (Lipinski definition) is 1. The standard InChI is InChI=1S/C10H11BrN2S2/c1-6-5-14-10(13-6)9(12-2)7-3-4-8(11)15-7/h3-5,9,12H,1-2H3. The monoisotopic (exact) mass is 302 g/mol. The van der Waals surface area contributed by atoms with Gasteiger partial charge in [0.15, 0.2) is 0 Å². The summed E-state index contributed by atoms with van der Waals surface area (Å²) < 4.78 is 1.16. The minimum atomic E-state index is 0.222. The van der Waals surface area contributed by atoms with Crippen molar-refractivity contribution in [3.05, 3.63) is 36.9 Å². The van der Waals surface area contributed by atoms with Crippen LogP contribution in [0.3, 0.4) is 0 Å². The van der Waals surface area contributed by atoms with E-state index in [1.54, 1.807) is 22.7 Å². The maximum Gasteiger partial charge on any atom is 0.115 e. The molecule has 1 unspecified atom stereocenters. The van der Waals surface area contributed by atoms with Gasteiger partial charge in [-0.1, -0.05) is 0 Å². The van der Waals surface area contributed by atoms with E-state index in [4.69, 9.17) is 0 Å². The molecule has 2 rings (SSSR count). The summed E-state index contributed by atoms with van der Waals surface area (Å²) in [6, 6.07) is 4.43. The molecule has 0 aliphatic heterocycles. The van der Waals surface area contributed by atoms with E-state index in [1.165, 1.54) is 4.88 Å². The van der Waals surface area contributed by atoms with E-state index in [0.717, 1.165) is 14.5 Å². The topological polar surface area (TPSA) is 24.9 Å². The maximum atomic E-state index is 4.51. The molecule has 0 spiro atoms. The molecule has 0 saturated carbocycles. The van der Waals surface area contributed by atoms with Crippen molar-refractivity contribution in [2.24, 2.45) is 0 Å². The van der Waals surface area contributed by atoms with Crippen molar-refractivity contribution in [1.82, 2.24) is 10.3 Å². The fourth-order valence-electron chi connectivity index (χ4n) is 1.38. The minimum Gasteiger partial charge on any atom is -0.307 e. The first-order valence-corrected chi connectivity index (χ1v) is 7.04. The Kier molecular flexibility index (Phi) is 3.56. The number of rotatable bonds is 3. The van der Waals surface area contributed by atoms with E-state index < -0.39 is 0 Å². The van der Waals surface area contributed by atoms with Gasteiger partial charge in [0, 0.05) is 16.0 Å². The SMILES string of the molecule is CNC(c1ccc(Br)s1)c1nc(C)cs1. The fraction of sp³-hybridized carbons (Fsp3) is 0.300.